The van der Waals surface area contributed by atoms with Crippen LogP contribution >= 0.6 is 31.9 Å². The second kappa shape index (κ2) is 4.88. The Kier molecular flexibility index (Phi) is 3.87. The minimum atomic E-state index is -0.0216. The number of benzene rings is 1. The van der Waals surface area contributed by atoms with E-state index >= 15 is 0 Å². The van der Waals surface area contributed by atoms with Gasteiger partial charge in [0.1, 0.15) is 0 Å². The molecule has 1 N–H and O–H groups in total. The standard InChI is InChI=1S/C15H19Br2NO/c1-14(2)12(15(14,3)4)8-18-13(19)10-7-9(16)5-6-11(10)17/h5-7,12H,8H2,1-4H3,(H,18,19). The summed E-state index contributed by atoms with van der Waals surface area (Å²) in [7, 11) is 0. The van der Waals surface area contributed by atoms with Crippen molar-refractivity contribution in [1.29, 1.82) is 0 Å². The number of hydrogen-bond acceptors (Lipinski definition) is 1. The Morgan fingerprint density at radius 1 is 1.21 bits per heavy atom. The molecule has 2 nitrogen and oxygen atoms in total. The molecule has 104 valence electrons. The second-order valence-corrected chi connectivity index (χ2v) is 8.10. The molecule has 1 fully saturated rings. The lowest BCUT2D eigenvalue weighted by Crippen LogP contribution is -2.27. The first-order chi connectivity index (χ1) is 8.68. The average Bonchev–Trinajstić information content (AvgIpc) is 2.70. The topological polar surface area (TPSA) is 29.1 Å². The van der Waals surface area contributed by atoms with Gasteiger partial charge in [-0.25, -0.2) is 0 Å². The van der Waals surface area contributed by atoms with E-state index in [4.69, 9.17) is 0 Å². The predicted octanol–water partition coefficient (Wildman–Crippen LogP) is 4.62. The average molecular weight is 389 g/mol. The fourth-order valence-electron chi connectivity index (χ4n) is 2.80. The van der Waals surface area contributed by atoms with Gasteiger partial charge in [0.25, 0.3) is 5.91 Å². The molecule has 0 saturated heterocycles. The van der Waals surface area contributed by atoms with Crippen LogP contribution in [0.3, 0.4) is 0 Å². The molecular weight excluding hydrogens is 370 g/mol. The highest BCUT2D eigenvalue weighted by atomic mass is 79.9. The van der Waals surface area contributed by atoms with Crippen LogP contribution in [0.5, 0.6) is 0 Å². The molecule has 1 aromatic rings. The number of hydrogen-bond donors (Lipinski definition) is 1. The molecule has 0 radical (unpaired) electrons. The summed E-state index contributed by atoms with van der Waals surface area (Å²) in [6.45, 7) is 9.78. The van der Waals surface area contributed by atoms with Gasteiger partial charge < -0.3 is 5.32 Å². The van der Waals surface area contributed by atoms with E-state index in [9.17, 15) is 4.79 Å². The molecule has 19 heavy (non-hydrogen) atoms. The molecule has 1 aliphatic rings. The van der Waals surface area contributed by atoms with Crippen molar-refractivity contribution in [3.05, 3.63) is 32.7 Å². The summed E-state index contributed by atoms with van der Waals surface area (Å²) in [4.78, 5) is 12.2. The van der Waals surface area contributed by atoms with E-state index in [1.807, 2.05) is 18.2 Å². The minimum absolute atomic E-state index is 0.0216. The van der Waals surface area contributed by atoms with Crippen molar-refractivity contribution in [2.24, 2.45) is 16.7 Å². The zero-order chi connectivity index (χ0) is 14.4. The zero-order valence-electron chi connectivity index (χ0n) is 11.7. The monoisotopic (exact) mass is 387 g/mol. The second-order valence-electron chi connectivity index (χ2n) is 6.33. The smallest absolute Gasteiger partial charge is 0.252 e. The molecule has 0 bridgehead atoms. The molecule has 0 spiro atoms. The van der Waals surface area contributed by atoms with Gasteiger partial charge in [-0.3, -0.25) is 4.79 Å². The minimum Gasteiger partial charge on any atom is -0.352 e. The summed E-state index contributed by atoms with van der Waals surface area (Å²) in [5.41, 5.74) is 1.27. The zero-order valence-corrected chi connectivity index (χ0v) is 14.9. The fourth-order valence-corrected chi connectivity index (χ4v) is 3.59. The summed E-state index contributed by atoms with van der Waals surface area (Å²) in [6, 6.07) is 5.63. The number of rotatable bonds is 3. The summed E-state index contributed by atoms with van der Waals surface area (Å²) >= 11 is 6.81. The molecular formula is C15H19Br2NO. The number of nitrogens with one attached hydrogen (secondary N) is 1. The van der Waals surface area contributed by atoms with Gasteiger partial charge in [0.05, 0.1) is 5.56 Å². The molecule has 0 aromatic heterocycles. The van der Waals surface area contributed by atoms with Crippen LogP contribution < -0.4 is 5.32 Å². The fraction of sp³-hybridized carbons (Fsp3) is 0.533. The first-order valence-corrected chi connectivity index (χ1v) is 8.00. The van der Waals surface area contributed by atoms with Crippen molar-refractivity contribution in [1.82, 2.24) is 5.32 Å². The van der Waals surface area contributed by atoms with Crippen molar-refractivity contribution in [2.75, 3.05) is 6.54 Å². The molecule has 0 aliphatic heterocycles. The van der Waals surface area contributed by atoms with Crippen molar-refractivity contribution < 1.29 is 4.79 Å². The van der Waals surface area contributed by atoms with Gasteiger partial charge in [-0.1, -0.05) is 43.6 Å². The van der Waals surface area contributed by atoms with Crippen LogP contribution in [0.4, 0.5) is 0 Å². The molecule has 1 aliphatic carbocycles. The van der Waals surface area contributed by atoms with Crippen LogP contribution in [0.1, 0.15) is 38.1 Å². The maximum Gasteiger partial charge on any atom is 0.252 e. The molecule has 0 heterocycles. The predicted molar refractivity (Wildman–Crippen MR) is 85.2 cm³/mol. The largest absolute Gasteiger partial charge is 0.352 e. The Morgan fingerprint density at radius 3 is 2.32 bits per heavy atom. The first-order valence-electron chi connectivity index (χ1n) is 6.41. The molecule has 0 unspecified atom stereocenters. The van der Waals surface area contributed by atoms with E-state index in [-0.39, 0.29) is 5.91 Å². The van der Waals surface area contributed by atoms with Crippen LogP contribution in [0.15, 0.2) is 27.1 Å². The highest BCUT2D eigenvalue weighted by Gasteiger charge is 2.64. The number of halogens is 2. The first kappa shape index (κ1) is 15.0. The highest BCUT2D eigenvalue weighted by Crippen LogP contribution is 2.67. The summed E-state index contributed by atoms with van der Waals surface area (Å²) < 4.78 is 1.73. The third kappa shape index (κ3) is 2.62. The van der Waals surface area contributed by atoms with Crippen molar-refractivity contribution in [2.45, 2.75) is 27.7 Å². The van der Waals surface area contributed by atoms with Crippen LogP contribution in [-0.4, -0.2) is 12.5 Å². The van der Waals surface area contributed by atoms with Crippen molar-refractivity contribution >= 4 is 37.8 Å². The number of amides is 1. The third-order valence-corrected chi connectivity index (χ3v) is 6.14. The van der Waals surface area contributed by atoms with Crippen LogP contribution in [0.2, 0.25) is 0 Å². The van der Waals surface area contributed by atoms with Gasteiger partial charge >= 0.3 is 0 Å². The summed E-state index contributed by atoms with van der Waals surface area (Å²) in [5.74, 6) is 0.515. The maximum atomic E-state index is 12.2. The Hall–Kier alpha value is -0.350. The Morgan fingerprint density at radius 2 is 1.79 bits per heavy atom. The highest BCUT2D eigenvalue weighted by molar-refractivity contribution is 9.11. The lowest BCUT2D eigenvalue weighted by atomic mass is 10.0. The Labute approximate surface area is 131 Å². The molecule has 1 aromatic carbocycles. The van der Waals surface area contributed by atoms with Gasteiger partial charge in [0, 0.05) is 15.5 Å². The lowest BCUT2D eigenvalue weighted by Gasteiger charge is -2.08. The lowest BCUT2D eigenvalue weighted by molar-refractivity contribution is 0.0949. The SMILES string of the molecule is CC1(C)C(CNC(=O)c2cc(Br)ccc2Br)C1(C)C. The van der Waals surface area contributed by atoms with Crippen molar-refractivity contribution in [3.63, 3.8) is 0 Å². The normalized spacial score (nSPS) is 20.1. The third-order valence-electron chi connectivity index (χ3n) is 4.96. The quantitative estimate of drug-likeness (QED) is 0.803. The van der Waals surface area contributed by atoms with Gasteiger partial charge in [-0.15, -0.1) is 0 Å². The van der Waals surface area contributed by atoms with E-state index in [2.05, 4.69) is 64.9 Å². The molecule has 1 amide bonds. The maximum absolute atomic E-state index is 12.2. The molecule has 0 atom stereocenters. The van der Waals surface area contributed by atoms with E-state index in [1.165, 1.54) is 0 Å². The van der Waals surface area contributed by atoms with Gasteiger partial charge in [0.15, 0.2) is 0 Å². The van der Waals surface area contributed by atoms with E-state index in [1.54, 1.807) is 0 Å². The van der Waals surface area contributed by atoms with E-state index in [0.717, 1.165) is 15.5 Å². The van der Waals surface area contributed by atoms with Gasteiger partial charge in [-0.2, -0.15) is 0 Å². The Balaban J connectivity index is 2.02. The van der Waals surface area contributed by atoms with Gasteiger partial charge in [0.2, 0.25) is 0 Å². The number of carbonyl (C=O) groups is 1. The van der Waals surface area contributed by atoms with E-state index in [0.29, 0.717) is 22.3 Å². The molecule has 2 rings (SSSR count). The number of carbonyl (C=O) groups excluding carboxylic acids is 1. The molecule has 4 heteroatoms. The summed E-state index contributed by atoms with van der Waals surface area (Å²) in [6.07, 6.45) is 0. The summed E-state index contributed by atoms with van der Waals surface area (Å²) in [5, 5.41) is 3.05. The Bertz CT molecular complexity index is 509. The van der Waals surface area contributed by atoms with Gasteiger partial charge in [-0.05, 0) is 50.9 Å². The van der Waals surface area contributed by atoms with E-state index < -0.39 is 0 Å². The van der Waals surface area contributed by atoms with Crippen LogP contribution in [0.25, 0.3) is 0 Å². The molecule has 1 saturated carbocycles. The van der Waals surface area contributed by atoms with Crippen LogP contribution in [0, 0.1) is 16.7 Å². The van der Waals surface area contributed by atoms with Crippen LogP contribution in [-0.2, 0) is 0 Å². The van der Waals surface area contributed by atoms with Crippen molar-refractivity contribution in [3.8, 4) is 0 Å².